The van der Waals surface area contributed by atoms with Gasteiger partial charge < -0.3 is 10.6 Å². The van der Waals surface area contributed by atoms with Gasteiger partial charge in [-0.3, -0.25) is 0 Å². The molecule has 0 saturated heterocycles. The van der Waals surface area contributed by atoms with Crippen LogP contribution in [-0.2, 0) is 6.18 Å². The Morgan fingerprint density at radius 1 is 1.19 bits per heavy atom. The maximum Gasteiger partial charge on any atom is 0.433 e. The van der Waals surface area contributed by atoms with Crippen LogP contribution in [0.25, 0.3) is 0 Å². The predicted molar refractivity (Wildman–Crippen MR) is 74.1 cm³/mol. The van der Waals surface area contributed by atoms with Crippen molar-refractivity contribution in [2.75, 3.05) is 17.2 Å². The maximum absolute atomic E-state index is 12.9. The smallest absolute Gasteiger partial charge is 0.367 e. The van der Waals surface area contributed by atoms with E-state index in [2.05, 4.69) is 20.6 Å². The first kappa shape index (κ1) is 14.4. The molecule has 1 heterocycles. The molecule has 2 fully saturated rings. The van der Waals surface area contributed by atoms with Crippen molar-refractivity contribution < 1.29 is 13.2 Å². The van der Waals surface area contributed by atoms with E-state index in [-0.39, 0.29) is 17.8 Å². The van der Waals surface area contributed by atoms with Gasteiger partial charge in [0, 0.05) is 18.7 Å². The maximum atomic E-state index is 12.9. The predicted octanol–water partition coefficient (Wildman–Crippen LogP) is 3.53. The number of anilines is 2. The molecular formula is C14H19F3N4. The van der Waals surface area contributed by atoms with Gasteiger partial charge in [0.2, 0.25) is 5.95 Å². The second kappa shape index (κ2) is 5.35. The van der Waals surface area contributed by atoms with Crippen LogP contribution < -0.4 is 10.6 Å². The quantitative estimate of drug-likeness (QED) is 0.844. The Kier molecular flexibility index (Phi) is 3.67. The van der Waals surface area contributed by atoms with Crippen molar-refractivity contribution in [3.05, 3.63) is 11.8 Å². The summed E-state index contributed by atoms with van der Waals surface area (Å²) in [5, 5.41) is 5.98. The minimum Gasteiger partial charge on any atom is -0.367 e. The third-order valence-corrected chi connectivity index (χ3v) is 3.93. The molecule has 1 aromatic rings. The van der Waals surface area contributed by atoms with Gasteiger partial charge in [-0.15, -0.1) is 0 Å². The van der Waals surface area contributed by atoms with Gasteiger partial charge in [-0.25, -0.2) is 4.98 Å². The van der Waals surface area contributed by atoms with Crippen molar-refractivity contribution in [1.82, 2.24) is 9.97 Å². The third-order valence-electron chi connectivity index (χ3n) is 3.93. The van der Waals surface area contributed by atoms with E-state index in [1.807, 2.05) is 0 Å². The van der Waals surface area contributed by atoms with Crippen LogP contribution in [0.15, 0.2) is 6.07 Å². The average molecular weight is 300 g/mol. The average Bonchev–Trinajstić information content (AvgIpc) is 3.26. The lowest BCUT2D eigenvalue weighted by Gasteiger charge is -2.19. The number of halogens is 3. The van der Waals surface area contributed by atoms with Crippen LogP contribution >= 0.6 is 0 Å². The highest BCUT2D eigenvalue weighted by Crippen LogP contribution is 2.46. The van der Waals surface area contributed by atoms with Crippen LogP contribution in [0.4, 0.5) is 24.9 Å². The number of rotatable bonds is 6. The lowest BCUT2D eigenvalue weighted by atomic mass is 10.1. The number of alkyl halides is 3. The van der Waals surface area contributed by atoms with Crippen LogP contribution in [0.3, 0.4) is 0 Å². The topological polar surface area (TPSA) is 49.8 Å². The van der Waals surface area contributed by atoms with Gasteiger partial charge in [-0.05, 0) is 44.4 Å². The Balaban J connectivity index is 1.83. The molecule has 2 N–H and O–H groups in total. The minimum atomic E-state index is -4.46. The highest BCUT2D eigenvalue weighted by molar-refractivity contribution is 5.44. The van der Waals surface area contributed by atoms with E-state index in [0.717, 1.165) is 31.7 Å². The molecule has 0 bridgehead atoms. The zero-order valence-corrected chi connectivity index (χ0v) is 11.9. The molecular weight excluding hydrogens is 281 g/mol. The lowest BCUT2D eigenvalue weighted by molar-refractivity contribution is -0.141. The summed E-state index contributed by atoms with van der Waals surface area (Å²) >= 11 is 0. The number of nitrogens with one attached hydrogen (secondary N) is 2. The molecule has 4 nitrogen and oxygen atoms in total. The zero-order valence-electron chi connectivity index (χ0n) is 11.9. The Hall–Kier alpha value is -1.53. The van der Waals surface area contributed by atoms with E-state index in [1.165, 1.54) is 0 Å². The Morgan fingerprint density at radius 2 is 1.81 bits per heavy atom. The number of hydrogen-bond acceptors (Lipinski definition) is 4. The molecule has 2 aliphatic rings. The fourth-order valence-electron chi connectivity index (χ4n) is 2.61. The second-order valence-electron chi connectivity index (χ2n) is 5.84. The second-order valence-corrected chi connectivity index (χ2v) is 5.84. The summed E-state index contributed by atoms with van der Waals surface area (Å²) in [6.07, 6.45) is 0.173. The molecule has 0 spiro atoms. The molecule has 3 rings (SSSR count). The molecule has 2 saturated carbocycles. The van der Waals surface area contributed by atoms with Crippen molar-refractivity contribution in [3.63, 3.8) is 0 Å². The monoisotopic (exact) mass is 300 g/mol. The molecule has 7 heteroatoms. The Labute approximate surface area is 121 Å². The standard InChI is InChI=1S/C14H19F3N4/c1-2-18-13-19-10(14(15,16)17)7-11(21-13)20-12(8-3-4-8)9-5-6-9/h7-9,12H,2-6H2,1H3,(H2,18,19,20,21). The van der Waals surface area contributed by atoms with Gasteiger partial charge in [-0.2, -0.15) is 18.2 Å². The summed E-state index contributed by atoms with van der Waals surface area (Å²) in [7, 11) is 0. The SMILES string of the molecule is CCNc1nc(NC(C2CC2)C2CC2)cc(C(F)(F)F)n1. The van der Waals surface area contributed by atoms with Crippen LogP contribution in [0.5, 0.6) is 0 Å². The zero-order chi connectivity index (χ0) is 15.0. The number of nitrogens with zero attached hydrogens (tertiary/aromatic N) is 2. The summed E-state index contributed by atoms with van der Waals surface area (Å²) in [6, 6.07) is 1.27. The van der Waals surface area contributed by atoms with E-state index in [9.17, 15) is 13.2 Å². The van der Waals surface area contributed by atoms with Crippen molar-refractivity contribution >= 4 is 11.8 Å². The van der Waals surface area contributed by atoms with Crippen LogP contribution in [0, 0.1) is 11.8 Å². The van der Waals surface area contributed by atoms with Crippen molar-refractivity contribution in [2.24, 2.45) is 11.8 Å². The normalized spacial score (nSPS) is 18.9. The molecule has 116 valence electrons. The van der Waals surface area contributed by atoms with Gasteiger partial charge in [0.25, 0.3) is 0 Å². The molecule has 21 heavy (non-hydrogen) atoms. The van der Waals surface area contributed by atoms with Crippen molar-refractivity contribution in [2.45, 2.75) is 44.8 Å². The lowest BCUT2D eigenvalue weighted by Crippen LogP contribution is -2.25. The van der Waals surface area contributed by atoms with E-state index in [4.69, 9.17) is 0 Å². The molecule has 0 aromatic carbocycles. The van der Waals surface area contributed by atoms with Crippen molar-refractivity contribution in [3.8, 4) is 0 Å². The first-order valence-corrected chi connectivity index (χ1v) is 7.44. The highest BCUT2D eigenvalue weighted by atomic mass is 19.4. The first-order chi connectivity index (χ1) is 9.97. The van der Waals surface area contributed by atoms with Crippen molar-refractivity contribution in [1.29, 1.82) is 0 Å². The Bertz CT molecular complexity index is 497. The molecule has 0 radical (unpaired) electrons. The van der Waals surface area contributed by atoms with Gasteiger partial charge in [0.05, 0.1) is 0 Å². The molecule has 0 atom stereocenters. The van der Waals surface area contributed by atoms with Gasteiger partial charge in [0.15, 0.2) is 5.69 Å². The minimum absolute atomic E-state index is 0.0279. The van der Waals surface area contributed by atoms with E-state index < -0.39 is 11.9 Å². The summed E-state index contributed by atoms with van der Waals surface area (Å²) in [6.45, 7) is 2.28. The highest BCUT2D eigenvalue weighted by Gasteiger charge is 2.42. The first-order valence-electron chi connectivity index (χ1n) is 7.44. The molecule has 2 aliphatic carbocycles. The van der Waals surface area contributed by atoms with Crippen LogP contribution in [0.1, 0.15) is 38.3 Å². The largest absolute Gasteiger partial charge is 0.433 e. The number of aromatic nitrogens is 2. The summed E-state index contributed by atoms with van der Waals surface area (Å²) < 4.78 is 38.8. The summed E-state index contributed by atoms with van der Waals surface area (Å²) in [4.78, 5) is 7.70. The van der Waals surface area contributed by atoms with E-state index in [0.29, 0.717) is 18.4 Å². The van der Waals surface area contributed by atoms with Crippen LogP contribution in [-0.4, -0.2) is 22.6 Å². The fourth-order valence-corrected chi connectivity index (χ4v) is 2.61. The van der Waals surface area contributed by atoms with Gasteiger partial charge in [-0.1, -0.05) is 0 Å². The van der Waals surface area contributed by atoms with Gasteiger partial charge >= 0.3 is 6.18 Å². The third kappa shape index (κ3) is 3.57. The molecule has 1 aromatic heterocycles. The Morgan fingerprint density at radius 3 is 2.29 bits per heavy atom. The molecule has 0 amide bonds. The van der Waals surface area contributed by atoms with E-state index in [1.54, 1.807) is 6.92 Å². The molecule has 0 aliphatic heterocycles. The number of hydrogen-bond donors (Lipinski definition) is 2. The van der Waals surface area contributed by atoms with Crippen LogP contribution in [0.2, 0.25) is 0 Å². The molecule has 0 unspecified atom stereocenters. The summed E-state index contributed by atoms with van der Waals surface area (Å²) in [5.74, 6) is 1.48. The summed E-state index contributed by atoms with van der Waals surface area (Å²) in [5.41, 5.74) is -0.902. The fraction of sp³-hybridized carbons (Fsp3) is 0.714. The van der Waals surface area contributed by atoms with Gasteiger partial charge in [0.1, 0.15) is 5.82 Å². The van der Waals surface area contributed by atoms with E-state index >= 15 is 0 Å².